The van der Waals surface area contributed by atoms with Gasteiger partial charge in [0.1, 0.15) is 0 Å². The molecular weight excluding hydrogens is 320 g/mol. The molecule has 1 aromatic heterocycles. The lowest BCUT2D eigenvalue weighted by atomic mass is 9.94. The van der Waals surface area contributed by atoms with E-state index in [0.29, 0.717) is 0 Å². The van der Waals surface area contributed by atoms with Crippen LogP contribution in [0.15, 0.2) is 66.7 Å². The Hall–Kier alpha value is -2.93. The van der Waals surface area contributed by atoms with Gasteiger partial charge in [-0.25, -0.2) is 4.98 Å². The first-order valence-corrected chi connectivity index (χ1v) is 8.81. The third-order valence-electron chi connectivity index (χ3n) is 4.79. The number of hydrogen-bond donors (Lipinski definition) is 2. The Morgan fingerprint density at radius 3 is 2.69 bits per heavy atom. The number of benzene rings is 2. The van der Waals surface area contributed by atoms with Crippen LogP contribution in [-0.2, 0) is 0 Å². The number of terminal acetylenes is 1. The van der Waals surface area contributed by atoms with Gasteiger partial charge < -0.3 is 10.4 Å². The van der Waals surface area contributed by atoms with Gasteiger partial charge in [0.2, 0.25) is 0 Å². The Morgan fingerprint density at radius 2 is 1.96 bits per heavy atom. The molecule has 4 rings (SSSR count). The van der Waals surface area contributed by atoms with Crippen LogP contribution < -0.4 is 5.32 Å². The van der Waals surface area contributed by atoms with Gasteiger partial charge in [0.25, 0.3) is 0 Å². The van der Waals surface area contributed by atoms with Crippen LogP contribution in [0.4, 0.5) is 0 Å². The van der Waals surface area contributed by atoms with Crippen molar-refractivity contribution in [2.45, 2.75) is 18.6 Å². The molecular formula is C23H20N2O. The van der Waals surface area contributed by atoms with Crippen molar-refractivity contribution in [3.05, 3.63) is 77.9 Å². The van der Waals surface area contributed by atoms with E-state index < -0.39 is 6.10 Å². The van der Waals surface area contributed by atoms with E-state index >= 15 is 0 Å². The second-order valence-electron chi connectivity index (χ2n) is 6.48. The van der Waals surface area contributed by atoms with Crippen LogP contribution in [0.5, 0.6) is 0 Å². The summed E-state index contributed by atoms with van der Waals surface area (Å²) < 4.78 is 0. The van der Waals surface area contributed by atoms with Gasteiger partial charge >= 0.3 is 0 Å². The van der Waals surface area contributed by atoms with Gasteiger partial charge in [0.05, 0.1) is 23.4 Å². The summed E-state index contributed by atoms with van der Waals surface area (Å²) >= 11 is 0. The Bertz CT molecular complexity index is 999. The zero-order valence-electron chi connectivity index (χ0n) is 14.4. The molecule has 0 fully saturated rings. The molecule has 1 aliphatic heterocycles. The van der Waals surface area contributed by atoms with Crippen molar-refractivity contribution >= 4 is 10.9 Å². The third-order valence-corrected chi connectivity index (χ3v) is 4.79. The highest BCUT2D eigenvalue weighted by molar-refractivity contribution is 5.85. The molecule has 0 spiro atoms. The van der Waals surface area contributed by atoms with Crippen LogP contribution in [-0.4, -0.2) is 22.7 Å². The molecule has 2 aromatic carbocycles. The summed E-state index contributed by atoms with van der Waals surface area (Å²) in [5, 5.41) is 15.4. The Labute approximate surface area is 153 Å². The average Bonchev–Trinajstić information content (AvgIpc) is 2.73. The van der Waals surface area contributed by atoms with E-state index in [4.69, 9.17) is 11.4 Å². The van der Waals surface area contributed by atoms with E-state index in [2.05, 4.69) is 17.3 Å². The molecule has 26 heavy (non-hydrogen) atoms. The maximum atomic E-state index is 11.0. The van der Waals surface area contributed by atoms with Crippen LogP contribution in [0.1, 0.15) is 23.7 Å². The monoisotopic (exact) mass is 340 g/mol. The summed E-state index contributed by atoms with van der Waals surface area (Å²) in [6, 6.07) is 17.6. The topological polar surface area (TPSA) is 45.1 Å². The standard InChI is InChI=1S/C23H20N2O/c1-2-16-10-12-17(13-11-16)22-15-19(18-7-3-4-8-20(18)25-22)23(26)21-9-5-6-14-24-21/h1,3-5,7-13,15,21,23-24,26H,6,14H2/t21-,23-/m1/s1. The molecule has 2 N–H and O–H groups in total. The van der Waals surface area contributed by atoms with Crippen molar-refractivity contribution < 1.29 is 5.11 Å². The molecule has 0 aliphatic carbocycles. The summed E-state index contributed by atoms with van der Waals surface area (Å²) in [7, 11) is 0. The van der Waals surface area contributed by atoms with Crippen molar-refractivity contribution in [3.8, 4) is 23.6 Å². The highest BCUT2D eigenvalue weighted by Crippen LogP contribution is 2.31. The third kappa shape index (κ3) is 3.13. The second-order valence-corrected chi connectivity index (χ2v) is 6.48. The minimum absolute atomic E-state index is 0.0915. The first-order valence-electron chi connectivity index (χ1n) is 8.81. The zero-order chi connectivity index (χ0) is 17.9. The average molecular weight is 340 g/mol. The van der Waals surface area contributed by atoms with Crippen LogP contribution >= 0.6 is 0 Å². The fourth-order valence-corrected chi connectivity index (χ4v) is 3.39. The lowest BCUT2D eigenvalue weighted by molar-refractivity contribution is 0.147. The molecule has 1 aliphatic rings. The molecule has 0 saturated heterocycles. The predicted octanol–water partition coefficient (Wildman–Crippen LogP) is 3.83. The minimum Gasteiger partial charge on any atom is -0.386 e. The lowest BCUT2D eigenvalue weighted by Crippen LogP contribution is -2.36. The van der Waals surface area contributed by atoms with Crippen molar-refractivity contribution in [1.29, 1.82) is 0 Å². The Kier molecular flexibility index (Phi) is 4.53. The second kappa shape index (κ2) is 7.13. The Balaban J connectivity index is 1.83. The maximum absolute atomic E-state index is 11.0. The van der Waals surface area contributed by atoms with E-state index in [1.54, 1.807) is 0 Å². The highest BCUT2D eigenvalue weighted by atomic mass is 16.3. The number of rotatable bonds is 3. The molecule has 0 saturated carbocycles. The molecule has 2 atom stereocenters. The minimum atomic E-state index is -0.636. The predicted molar refractivity (Wildman–Crippen MR) is 106 cm³/mol. The van der Waals surface area contributed by atoms with E-state index in [0.717, 1.165) is 46.3 Å². The normalized spacial score (nSPS) is 17.8. The van der Waals surface area contributed by atoms with Crippen LogP contribution in [0, 0.1) is 12.3 Å². The number of aromatic nitrogens is 1. The number of fused-ring (bicyclic) bond motifs is 1. The first kappa shape index (κ1) is 16.5. The molecule has 0 unspecified atom stereocenters. The van der Waals surface area contributed by atoms with Crippen molar-refractivity contribution in [1.82, 2.24) is 10.3 Å². The van der Waals surface area contributed by atoms with Gasteiger partial charge in [-0.2, -0.15) is 0 Å². The smallest absolute Gasteiger partial charge is 0.0986 e. The van der Waals surface area contributed by atoms with Gasteiger partial charge in [-0.3, -0.25) is 0 Å². The number of pyridine rings is 1. The zero-order valence-corrected chi connectivity index (χ0v) is 14.4. The number of nitrogens with one attached hydrogen (secondary N) is 1. The van der Waals surface area contributed by atoms with E-state index in [-0.39, 0.29) is 6.04 Å². The largest absolute Gasteiger partial charge is 0.386 e. The van der Waals surface area contributed by atoms with Crippen molar-refractivity contribution in [3.63, 3.8) is 0 Å². The Morgan fingerprint density at radius 1 is 1.15 bits per heavy atom. The first-order chi connectivity index (χ1) is 12.8. The molecule has 2 heterocycles. The number of nitrogens with zero attached hydrogens (tertiary/aromatic N) is 1. The van der Waals surface area contributed by atoms with Crippen LogP contribution in [0.25, 0.3) is 22.2 Å². The molecule has 0 bridgehead atoms. The summed E-state index contributed by atoms with van der Waals surface area (Å²) in [6.07, 6.45) is 9.97. The number of aliphatic hydroxyl groups is 1. The van der Waals surface area contributed by atoms with Gasteiger partial charge in [-0.05, 0) is 42.8 Å². The SMILES string of the molecule is C#Cc1ccc(-c2cc([C@@H](O)[C@H]3C=CCCN3)c3ccccc3n2)cc1. The molecule has 3 nitrogen and oxygen atoms in total. The van der Waals surface area contributed by atoms with E-state index in [1.807, 2.05) is 60.7 Å². The van der Waals surface area contributed by atoms with Crippen LogP contribution in [0.3, 0.4) is 0 Å². The van der Waals surface area contributed by atoms with Crippen molar-refractivity contribution in [2.24, 2.45) is 0 Å². The summed E-state index contributed by atoms with van der Waals surface area (Å²) in [5.41, 5.74) is 4.42. The number of aliphatic hydroxyl groups excluding tert-OH is 1. The summed E-state index contributed by atoms with van der Waals surface area (Å²) in [4.78, 5) is 4.79. The van der Waals surface area contributed by atoms with E-state index in [9.17, 15) is 5.11 Å². The maximum Gasteiger partial charge on any atom is 0.0986 e. The molecule has 3 heteroatoms. The molecule has 0 radical (unpaired) electrons. The summed E-state index contributed by atoms with van der Waals surface area (Å²) in [5.74, 6) is 2.63. The van der Waals surface area contributed by atoms with Gasteiger partial charge in [-0.1, -0.05) is 48.4 Å². The van der Waals surface area contributed by atoms with E-state index in [1.165, 1.54) is 0 Å². The fourth-order valence-electron chi connectivity index (χ4n) is 3.39. The van der Waals surface area contributed by atoms with Gasteiger partial charge in [-0.15, -0.1) is 6.42 Å². The van der Waals surface area contributed by atoms with Gasteiger partial charge in [0.15, 0.2) is 0 Å². The highest BCUT2D eigenvalue weighted by Gasteiger charge is 2.22. The molecule has 128 valence electrons. The molecule has 3 aromatic rings. The van der Waals surface area contributed by atoms with Gasteiger partial charge in [0, 0.05) is 16.5 Å². The lowest BCUT2D eigenvalue weighted by Gasteiger charge is -2.25. The number of hydrogen-bond acceptors (Lipinski definition) is 3. The quantitative estimate of drug-likeness (QED) is 0.562. The summed E-state index contributed by atoms with van der Waals surface area (Å²) in [6.45, 7) is 0.877. The fraction of sp³-hybridized carbons (Fsp3) is 0.174. The number of para-hydroxylation sites is 1. The van der Waals surface area contributed by atoms with Crippen LogP contribution in [0.2, 0.25) is 0 Å². The van der Waals surface area contributed by atoms with Crippen molar-refractivity contribution in [2.75, 3.05) is 6.54 Å². The molecule has 0 amide bonds.